The Kier molecular flexibility index (Phi) is 6.58. The summed E-state index contributed by atoms with van der Waals surface area (Å²) in [6.45, 7) is 5.77. The van der Waals surface area contributed by atoms with E-state index in [1.807, 2.05) is 32.0 Å². The highest BCUT2D eigenvalue weighted by atomic mass is 32.2. The van der Waals surface area contributed by atoms with Crippen molar-refractivity contribution in [1.82, 2.24) is 4.31 Å². The van der Waals surface area contributed by atoms with Gasteiger partial charge in [0.2, 0.25) is 21.8 Å². The molecule has 0 saturated carbocycles. The summed E-state index contributed by atoms with van der Waals surface area (Å²) in [6.07, 6.45) is 1.19. The molecule has 30 heavy (non-hydrogen) atoms. The molecule has 0 spiro atoms. The number of carbonyl (C=O) groups excluding carboxylic acids is 2. The Bertz CT molecular complexity index is 1070. The molecule has 0 aliphatic carbocycles. The molecule has 160 valence electrons. The number of sulfonamides is 1. The van der Waals surface area contributed by atoms with Crippen LogP contribution in [0.25, 0.3) is 0 Å². The van der Waals surface area contributed by atoms with E-state index in [0.717, 1.165) is 16.8 Å². The van der Waals surface area contributed by atoms with Crippen molar-refractivity contribution >= 4 is 33.2 Å². The van der Waals surface area contributed by atoms with Crippen LogP contribution in [0.15, 0.2) is 47.4 Å². The largest absolute Gasteiger partial charge is 0.325 e. The number of anilines is 2. The molecule has 0 unspecified atom stereocenters. The number of fused-ring (bicyclic) bond motifs is 1. The van der Waals surface area contributed by atoms with Crippen molar-refractivity contribution in [3.8, 4) is 0 Å². The van der Waals surface area contributed by atoms with Gasteiger partial charge in [-0.3, -0.25) is 9.59 Å². The van der Waals surface area contributed by atoms with E-state index >= 15 is 0 Å². The smallest absolute Gasteiger partial charge is 0.243 e. The van der Waals surface area contributed by atoms with Gasteiger partial charge >= 0.3 is 0 Å². The molecule has 1 aliphatic rings. The van der Waals surface area contributed by atoms with E-state index < -0.39 is 10.0 Å². The Morgan fingerprint density at radius 3 is 2.57 bits per heavy atom. The predicted molar refractivity (Wildman–Crippen MR) is 117 cm³/mol. The van der Waals surface area contributed by atoms with E-state index in [4.69, 9.17) is 0 Å². The molecular weight excluding hydrogens is 402 g/mol. The van der Waals surface area contributed by atoms with E-state index in [-0.39, 0.29) is 29.8 Å². The fourth-order valence-electron chi connectivity index (χ4n) is 3.61. The molecule has 0 saturated heterocycles. The average molecular weight is 430 g/mol. The van der Waals surface area contributed by atoms with Crippen LogP contribution in [0.1, 0.15) is 31.4 Å². The van der Waals surface area contributed by atoms with Crippen LogP contribution in [0.3, 0.4) is 0 Å². The van der Waals surface area contributed by atoms with Crippen molar-refractivity contribution in [2.45, 2.75) is 38.5 Å². The van der Waals surface area contributed by atoms with E-state index in [0.29, 0.717) is 25.1 Å². The molecule has 1 N–H and O–H groups in total. The summed E-state index contributed by atoms with van der Waals surface area (Å²) in [5.74, 6) is -0.449. The summed E-state index contributed by atoms with van der Waals surface area (Å²) in [6, 6.07) is 12.2. The van der Waals surface area contributed by atoms with Gasteiger partial charge in [0.25, 0.3) is 0 Å². The summed E-state index contributed by atoms with van der Waals surface area (Å²) in [5.41, 5.74) is 3.15. The third kappa shape index (κ3) is 4.55. The maximum atomic E-state index is 13.3. The van der Waals surface area contributed by atoms with Crippen molar-refractivity contribution < 1.29 is 18.0 Å². The number of carbonyl (C=O) groups is 2. The van der Waals surface area contributed by atoms with Crippen molar-refractivity contribution in [3.63, 3.8) is 0 Å². The number of hydrogen-bond acceptors (Lipinski definition) is 4. The predicted octanol–water partition coefficient (Wildman–Crippen LogP) is 2.94. The summed E-state index contributed by atoms with van der Waals surface area (Å²) in [5, 5.41) is 2.79. The van der Waals surface area contributed by atoms with Crippen molar-refractivity contribution in [3.05, 3.63) is 53.6 Å². The Morgan fingerprint density at radius 1 is 1.17 bits per heavy atom. The Morgan fingerprint density at radius 2 is 1.90 bits per heavy atom. The van der Waals surface area contributed by atoms with Crippen LogP contribution in [-0.2, 0) is 26.0 Å². The number of hydrogen-bond donors (Lipinski definition) is 1. The van der Waals surface area contributed by atoms with Crippen LogP contribution in [0.4, 0.5) is 11.4 Å². The second-order valence-electron chi connectivity index (χ2n) is 7.41. The zero-order chi connectivity index (χ0) is 21.9. The van der Waals surface area contributed by atoms with Crippen molar-refractivity contribution in [2.75, 3.05) is 29.9 Å². The molecule has 0 bridgehead atoms. The summed E-state index contributed by atoms with van der Waals surface area (Å²) in [7, 11) is -3.85. The molecule has 8 heteroatoms. The molecule has 7 nitrogen and oxygen atoms in total. The van der Waals surface area contributed by atoms with Gasteiger partial charge in [-0.05, 0) is 55.2 Å². The van der Waals surface area contributed by atoms with E-state index in [9.17, 15) is 18.0 Å². The quantitative estimate of drug-likeness (QED) is 0.733. The highest BCUT2D eigenvalue weighted by Gasteiger charge is 2.29. The van der Waals surface area contributed by atoms with Gasteiger partial charge in [-0.2, -0.15) is 4.31 Å². The molecule has 2 aromatic rings. The third-order valence-corrected chi connectivity index (χ3v) is 7.02. The molecular formula is C22H27N3O4S. The number of aryl methyl sites for hydroxylation is 1. The lowest BCUT2D eigenvalue weighted by Gasteiger charge is -2.22. The zero-order valence-electron chi connectivity index (χ0n) is 17.5. The van der Waals surface area contributed by atoms with Gasteiger partial charge in [0.1, 0.15) is 0 Å². The fourth-order valence-corrected chi connectivity index (χ4v) is 5.15. The highest BCUT2D eigenvalue weighted by molar-refractivity contribution is 7.89. The molecule has 0 radical (unpaired) electrons. The molecule has 3 rings (SSSR count). The molecule has 0 atom stereocenters. The first-order valence-corrected chi connectivity index (χ1v) is 11.4. The van der Waals surface area contributed by atoms with Gasteiger partial charge in [-0.25, -0.2) is 8.42 Å². The zero-order valence-corrected chi connectivity index (χ0v) is 18.3. The maximum absolute atomic E-state index is 13.3. The second kappa shape index (κ2) is 8.97. The summed E-state index contributed by atoms with van der Waals surface area (Å²) >= 11 is 0. The number of rotatable bonds is 7. The van der Waals surface area contributed by atoms with Gasteiger partial charge < -0.3 is 10.2 Å². The van der Waals surface area contributed by atoms with Crippen molar-refractivity contribution in [2.24, 2.45) is 0 Å². The normalized spacial score (nSPS) is 13.4. The van der Waals surface area contributed by atoms with Crippen LogP contribution in [-0.4, -0.2) is 44.2 Å². The fraction of sp³-hybridized carbons (Fsp3) is 0.364. The second-order valence-corrected chi connectivity index (χ2v) is 9.35. The van der Waals surface area contributed by atoms with E-state index in [1.54, 1.807) is 23.1 Å². The van der Waals surface area contributed by atoms with Crippen LogP contribution in [0, 0.1) is 6.92 Å². The van der Waals surface area contributed by atoms with E-state index in [1.165, 1.54) is 17.3 Å². The Hall–Kier alpha value is -2.71. The van der Waals surface area contributed by atoms with Gasteiger partial charge in [-0.15, -0.1) is 0 Å². The maximum Gasteiger partial charge on any atom is 0.243 e. The first-order valence-electron chi connectivity index (χ1n) is 10.0. The lowest BCUT2D eigenvalue weighted by atomic mass is 10.2. The van der Waals surface area contributed by atoms with Gasteiger partial charge in [0.05, 0.1) is 11.4 Å². The molecule has 1 heterocycles. The van der Waals surface area contributed by atoms with Crippen LogP contribution in [0.5, 0.6) is 0 Å². The first-order chi connectivity index (χ1) is 14.2. The Labute approximate surface area is 177 Å². The number of benzene rings is 2. The summed E-state index contributed by atoms with van der Waals surface area (Å²) in [4.78, 5) is 26.1. The Balaban J connectivity index is 1.82. The van der Waals surface area contributed by atoms with Gasteiger partial charge in [0, 0.05) is 31.4 Å². The molecule has 2 amide bonds. The molecule has 0 fully saturated rings. The van der Waals surface area contributed by atoms with Crippen LogP contribution < -0.4 is 10.2 Å². The first kappa shape index (κ1) is 22.0. The minimum atomic E-state index is -3.85. The topological polar surface area (TPSA) is 86.8 Å². The molecule has 2 aromatic carbocycles. The molecule has 0 aromatic heterocycles. The monoisotopic (exact) mass is 429 g/mol. The molecule has 1 aliphatic heterocycles. The highest BCUT2D eigenvalue weighted by Crippen LogP contribution is 2.31. The van der Waals surface area contributed by atoms with E-state index in [2.05, 4.69) is 5.32 Å². The van der Waals surface area contributed by atoms with Crippen LogP contribution >= 0.6 is 0 Å². The van der Waals surface area contributed by atoms with Crippen molar-refractivity contribution in [1.29, 1.82) is 0 Å². The number of para-hydroxylation sites is 1. The van der Waals surface area contributed by atoms with Crippen LogP contribution in [0.2, 0.25) is 0 Å². The lowest BCUT2D eigenvalue weighted by Crippen LogP contribution is -2.38. The third-order valence-electron chi connectivity index (χ3n) is 5.18. The standard InChI is InChI=1S/C22H27N3O4S/c1-4-12-24(15-22(27)23-20-8-6-5-7-16(20)2)30(28,29)19-9-10-21-18(14-19)11-13-25(21)17(3)26/h5-10,14H,4,11-13,15H2,1-3H3,(H,23,27). The summed E-state index contributed by atoms with van der Waals surface area (Å²) < 4.78 is 27.7. The van der Waals surface area contributed by atoms with Gasteiger partial charge in [-0.1, -0.05) is 25.1 Å². The van der Waals surface area contributed by atoms with Gasteiger partial charge in [0.15, 0.2) is 0 Å². The lowest BCUT2D eigenvalue weighted by molar-refractivity contribution is -0.117. The number of nitrogens with zero attached hydrogens (tertiary/aromatic N) is 2. The number of nitrogens with one attached hydrogen (secondary N) is 1. The average Bonchev–Trinajstić information content (AvgIpc) is 3.13. The number of amides is 2. The minimum absolute atomic E-state index is 0.0650. The minimum Gasteiger partial charge on any atom is -0.325 e. The SMILES string of the molecule is CCCN(CC(=O)Nc1ccccc1C)S(=O)(=O)c1ccc2c(c1)CCN2C(C)=O.